The normalized spacial score (nSPS) is 16.8. The number of halogens is 3. The monoisotopic (exact) mass is 402 g/mol. The van der Waals surface area contributed by atoms with Gasteiger partial charge in [0.15, 0.2) is 0 Å². The maximum atomic E-state index is 13.0. The summed E-state index contributed by atoms with van der Waals surface area (Å²) in [5.41, 5.74) is -0.132. The summed E-state index contributed by atoms with van der Waals surface area (Å²) in [6.07, 6.45) is -1.20. The van der Waals surface area contributed by atoms with Crippen LogP contribution in [0.4, 0.5) is 13.2 Å². The van der Waals surface area contributed by atoms with E-state index in [-0.39, 0.29) is 0 Å². The van der Waals surface area contributed by atoms with Crippen LogP contribution in [0.2, 0.25) is 0 Å². The van der Waals surface area contributed by atoms with Crippen molar-refractivity contribution in [3.8, 4) is 0 Å². The lowest BCUT2D eigenvalue weighted by Gasteiger charge is -2.29. The van der Waals surface area contributed by atoms with Gasteiger partial charge in [-0.25, -0.2) is 9.59 Å². The highest BCUT2D eigenvalue weighted by Gasteiger charge is 2.33. The Kier molecular flexibility index (Phi) is 9.67. The number of carbonyl (C=O) groups is 2. The van der Waals surface area contributed by atoms with Crippen LogP contribution in [0.15, 0.2) is 36.4 Å². The summed E-state index contributed by atoms with van der Waals surface area (Å²) in [4.78, 5) is 21.3. The zero-order valence-electron chi connectivity index (χ0n) is 15.6. The van der Waals surface area contributed by atoms with Crippen molar-refractivity contribution in [1.82, 2.24) is 10.2 Å². The molecule has 9 heteroatoms. The first kappa shape index (κ1) is 23.6. The maximum absolute atomic E-state index is 13.0. The second-order valence-corrected chi connectivity index (χ2v) is 6.28. The third-order valence-corrected chi connectivity index (χ3v) is 4.13. The lowest BCUT2D eigenvalue weighted by molar-refractivity contribution is -0.138. The molecule has 0 bridgehead atoms. The van der Waals surface area contributed by atoms with Crippen LogP contribution < -0.4 is 5.32 Å². The van der Waals surface area contributed by atoms with Gasteiger partial charge in [-0.15, -0.1) is 0 Å². The van der Waals surface area contributed by atoms with E-state index in [1.54, 1.807) is 12.1 Å². The van der Waals surface area contributed by atoms with Crippen LogP contribution in [-0.2, 0) is 22.3 Å². The first-order valence-electron chi connectivity index (χ1n) is 8.89. The number of benzene rings is 1. The van der Waals surface area contributed by atoms with E-state index in [4.69, 9.17) is 10.2 Å². The Morgan fingerprint density at radius 3 is 2.29 bits per heavy atom. The van der Waals surface area contributed by atoms with Crippen LogP contribution in [0.25, 0.3) is 0 Å². The molecule has 0 radical (unpaired) electrons. The minimum absolute atomic E-state index is 0.344. The van der Waals surface area contributed by atoms with Gasteiger partial charge in [0, 0.05) is 31.3 Å². The Morgan fingerprint density at radius 1 is 1.21 bits per heavy atom. The van der Waals surface area contributed by atoms with Gasteiger partial charge in [0.05, 0.1) is 5.56 Å². The molecule has 3 N–H and O–H groups in total. The molecule has 0 amide bonds. The van der Waals surface area contributed by atoms with E-state index in [9.17, 15) is 22.8 Å². The van der Waals surface area contributed by atoms with Crippen molar-refractivity contribution < 1.29 is 33.0 Å². The minimum Gasteiger partial charge on any atom is -0.478 e. The molecule has 1 heterocycles. The quantitative estimate of drug-likeness (QED) is 0.608. The van der Waals surface area contributed by atoms with Crippen LogP contribution in [0, 0.1) is 0 Å². The van der Waals surface area contributed by atoms with Gasteiger partial charge < -0.3 is 15.5 Å². The molecular weight excluding hydrogens is 377 g/mol. The molecule has 0 spiro atoms. The van der Waals surface area contributed by atoms with E-state index < -0.39 is 23.7 Å². The topological polar surface area (TPSA) is 89.9 Å². The number of rotatable bonds is 7. The lowest BCUT2D eigenvalue weighted by atomic mass is 10.1. The van der Waals surface area contributed by atoms with Gasteiger partial charge in [-0.05, 0) is 37.6 Å². The molecule has 1 aromatic carbocycles. The molecule has 6 nitrogen and oxygen atoms in total. The van der Waals surface area contributed by atoms with Gasteiger partial charge in [0.1, 0.15) is 0 Å². The van der Waals surface area contributed by atoms with E-state index in [1.807, 2.05) is 0 Å². The van der Waals surface area contributed by atoms with Crippen LogP contribution in [0.5, 0.6) is 0 Å². The second-order valence-electron chi connectivity index (χ2n) is 6.28. The standard InChI is InChI=1S/C15H21F3N2.C4H4O4/c1-2-9-20(13-7-8-19-10-13)11-12-5-3-4-6-14(12)15(16,17)18;5-3(6)1-2-4(7)8/h3-6,13,19H,2,7-11H2,1H3;1-2H,(H,5,6)(H,7,8)/t13-;/m0./s1. The van der Waals surface area contributed by atoms with Gasteiger partial charge in [-0.3, -0.25) is 4.90 Å². The first-order valence-corrected chi connectivity index (χ1v) is 8.89. The first-order chi connectivity index (χ1) is 13.1. The number of carboxylic acid groups (broad SMARTS) is 2. The molecule has 1 atom stereocenters. The molecule has 0 unspecified atom stereocenters. The van der Waals surface area contributed by atoms with E-state index in [2.05, 4.69) is 17.1 Å². The van der Waals surface area contributed by atoms with Crippen LogP contribution in [0.1, 0.15) is 30.9 Å². The molecule has 2 rings (SSSR count). The molecule has 0 saturated carbocycles. The highest BCUT2D eigenvalue weighted by atomic mass is 19.4. The Bertz CT molecular complexity index is 655. The fourth-order valence-corrected chi connectivity index (χ4v) is 2.93. The number of hydrogen-bond acceptors (Lipinski definition) is 4. The van der Waals surface area contributed by atoms with Crippen molar-refractivity contribution in [3.63, 3.8) is 0 Å². The Balaban J connectivity index is 0.000000416. The van der Waals surface area contributed by atoms with Crippen LogP contribution in [-0.4, -0.2) is 52.7 Å². The van der Waals surface area contributed by atoms with Gasteiger partial charge >= 0.3 is 18.1 Å². The summed E-state index contributed by atoms with van der Waals surface area (Å²) >= 11 is 0. The molecule has 0 aromatic heterocycles. The number of hydrogen-bond donors (Lipinski definition) is 3. The van der Waals surface area contributed by atoms with Crippen molar-refractivity contribution in [2.45, 2.75) is 38.5 Å². The highest BCUT2D eigenvalue weighted by Crippen LogP contribution is 2.32. The number of aliphatic carboxylic acids is 2. The molecule has 1 saturated heterocycles. The fourth-order valence-electron chi connectivity index (χ4n) is 2.93. The van der Waals surface area contributed by atoms with Crippen molar-refractivity contribution in [2.24, 2.45) is 0 Å². The average molecular weight is 402 g/mol. The van der Waals surface area contributed by atoms with Crippen LogP contribution >= 0.6 is 0 Å². The predicted octanol–water partition coefficient (Wildman–Crippen LogP) is 2.99. The Hall–Kier alpha value is -2.39. The number of nitrogens with zero attached hydrogens (tertiary/aromatic N) is 1. The molecule has 28 heavy (non-hydrogen) atoms. The van der Waals surface area contributed by atoms with Gasteiger partial charge in [-0.1, -0.05) is 25.1 Å². The number of alkyl halides is 3. The molecule has 0 aliphatic carbocycles. The number of nitrogens with one attached hydrogen (secondary N) is 1. The predicted molar refractivity (Wildman–Crippen MR) is 97.8 cm³/mol. The Labute approximate surface area is 161 Å². The van der Waals surface area contributed by atoms with Crippen molar-refractivity contribution in [2.75, 3.05) is 19.6 Å². The minimum atomic E-state index is -4.28. The fraction of sp³-hybridized carbons (Fsp3) is 0.474. The van der Waals surface area contributed by atoms with E-state index in [0.29, 0.717) is 30.3 Å². The van der Waals surface area contributed by atoms with Crippen LogP contribution in [0.3, 0.4) is 0 Å². The zero-order valence-corrected chi connectivity index (χ0v) is 15.6. The van der Waals surface area contributed by atoms with Crippen molar-refractivity contribution >= 4 is 11.9 Å². The van der Waals surface area contributed by atoms with E-state index in [1.165, 1.54) is 12.1 Å². The average Bonchev–Trinajstić information content (AvgIpc) is 3.14. The third kappa shape index (κ3) is 8.53. The van der Waals surface area contributed by atoms with E-state index in [0.717, 1.165) is 32.5 Å². The lowest BCUT2D eigenvalue weighted by Crippen LogP contribution is -2.37. The molecule has 1 aromatic rings. The maximum Gasteiger partial charge on any atom is 0.416 e. The van der Waals surface area contributed by atoms with Gasteiger partial charge in [-0.2, -0.15) is 13.2 Å². The largest absolute Gasteiger partial charge is 0.478 e. The smallest absolute Gasteiger partial charge is 0.416 e. The summed E-state index contributed by atoms with van der Waals surface area (Å²) in [5, 5.41) is 18.9. The molecule has 1 aliphatic heterocycles. The third-order valence-electron chi connectivity index (χ3n) is 4.13. The molecule has 1 aliphatic rings. The summed E-state index contributed by atoms with van der Waals surface area (Å²) in [6.45, 7) is 5.08. The van der Waals surface area contributed by atoms with Crippen molar-refractivity contribution in [3.05, 3.63) is 47.5 Å². The SMILES string of the molecule is CCCN(Cc1ccccc1C(F)(F)F)[C@H]1CCNC1.O=C(O)C=CC(=O)O. The van der Waals surface area contributed by atoms with Gasteiger partial charge in [0.25, 0.3) is 0 Å². The molecule has 1 fully saturated rings. The summed E-state index contributed by atoms with van der Waals surface area (Å²) in [5.74, 6) is -2.51. The van der Waals surface area contributed by atoms with Crippen molar-refractivity contribution in [1.29, 1.82) is 0 Å². The second kappa shape index (κ2) is 11.5. The summed E-state index contributed by atoms with van der Waals surface area (Å²) < 4.78 is 39.1. The number of carboxylic acids is 2. The highest BCUT2D eigenvalue weighted by molar-refractivity contribution is 5.89. The Morgan fingerprint density at radius 2 is 1.82 bits per heavy atom. The molecular formula is C19H25F3N2O4. The summed E-state index contributed by atoms with van der Waals surface area (Å²) in [6, 6.07) is 6.24. The molecule has 156 valence electrons. The summed E-state index contributed by atoms with van der Waals surface area (Å²) in [7, 11) is 0. The zero-order chi connectivity index (χ0) is 21.2. The van der Waals surface area contributed by atoms with E-state index >= 15 is 0 Å². The van der Waals surface area contributed by atoms with Gasteiger partial charge in [0.2, 0.25) is 0 Å².